The summed E-state index contributed by atoms with van der Waals surface area (Å²) < 4.78 is 0. The number of aliphatic hydroxyl groups is 2. The first-order valence-electron chi connectivity index (χ1n) is 4.68. The zero-order chi connectivity index (χ0) is 11.9. The minimum atomic E-state index is -1.04. The number of rotatable bonds is 7. The van der Waals surface area contributed by atoms with Crippen LogP contribution in [0.25, 0.3) is 0 Å². The Morgan fingerprint density at radius 2 is 1.73 bits per heavy atom. The summed E-state index contributed by atoms with van der Waals surface area (Å²) >= 11 is 0. The lowest BCUT2D eigenvalue weighted by atomic mass is 10.1. The maximum absolute atomic E-state index is 11.2. The molecule has 0 radical (unpaired) electrons. The Morgan fingerprint density at radius 3 is 2.13 bits per heavy atom. The van der Waals surface area contributed by atoms with E-state index in [1.165, 1.54) is 6.92 Å². The Balaban J connectivity index is 3.87. The third kappa shape index (κ3) is 6.03. The van der Waals surface area contributed by atoms with Crippen molar-refractivity contribution in [1.29, 1.82) is 0 Å². The Kier molecular flexibility index (Phi) is 5.88. The van der Waals surface area contributed by atoms with Crippen LogP contribution >= 0.6 is 0 Å². The quantitative estimate of drug-likeness (QED) is 0.444. The molecule has 0 bridgehead atoms. The molecule has 6 heteroatoms. The third-order valence-electron chi connectivity index (χ3n) is 1.93. The first kappa shape index (κ1) is 13.9. The monoisotopic (exact) mass is 219 g/mol. The predicted molar refractivity (Wildman–Crippen MR) is 52.2 cm³/mol. The molecule has 0 saturated carbocycles. The Morgan fingerprint density at radius 1 is 1.20 bits per heavy atom. The number of aliphatic hydroxyl groups excluding tert-OH is 2. The lowest BCUT2D eigenvalue weighted by molar-refractivity contribution is -0.137. The highest BCUT2D eigenvalue weighted by Gasteiger charge is 2.24. The van der Waals surface area contributed by atoms with Crippen LogP contribution in [0.4, 0.5) is 0 Å². The molecule has 0 aromatic rings. The molecule has 0 aliphatic heterocycles. The van der Waals surface area contributed by atoms with E-state index >= 15 is 0 Å². The van der Waals surface area contributed by atoms with Gasteiger partial charge in [0.1, 0.15) is 0 Å². The number of hydrogen-bond donors (Lipinski definition) is 4. The summed E-state index contributed by atoms with van der Waals surface area (Å²) in [6.45, 7) is 0.768. The van der Waals surface area contributed by atoms with E-state index in [1.54, 1.807) is 0 Å². The molecule has 0 aromatic carbocycles. The molecule has 88 valence electrons. The fourth-order valence-corrected chi connectivity index (χ4v) is 0.928. The summed E-state index contributed by atoms with van der Waals surface area (Å²) in [5, 5.41) is 28.5. The summed E-state index contributed by atoms with van der Waals surface area (Å²) in [7, 11) is 0. The standard InChI is InChI=1S/C9H17NO5/c1-9(5-11,6-12)10-7(13)3-2-4-8(14)15/h11-12H,2-6H2,1H3,(H,10,13)(H,14,15). The average Bonchev–Trinajstić information content (AvgIpc) is 2.17. The van der Waals surface area contributed by atoms with E-state index in [0.717, 1.165) is 0 Å². The molecule has 6 nitrogen and oxygen atoms in total. The number of carbonyl (C=O) groups excluding carboxylic acids is 1. The zero-order valence-electron chi connectivity index (χ0n) is 8.69. The van der Waals surface area contributed by atoms with Crippen molar-refractivity contribution in [2.24, 2.45) is 0 Å². The van der Waals surface area contributed by atoms with Crippen LogP contribution < -0.4 is 5.32 Å². The summed E-state index contributed by atoms with van der Waals surface area (Å²) in [6.07, 6.45) is 0.248. The lowest BCUT2D eigenvalue weighted by Crippen LogP contribution is -2.51. The van der Waals surface area contributed by atoms with Gasteiger partial charge in [-0.3, -0.25) is 9.59 Å². The Hall–Kier alpha value is -1.14. The number of nitrogens with one attached hydrogen (secondary N) is 1. The molecule has 0 atom stereocenters. The van der Waals surface area contributed by atoms with Gasteiger partial charge in [-0.1, -0.05) is 0 Å². The summed E-state index contributed by atoms with van der Waals surface area (Å²) in [6, 6.07) is 0. The van der Waals surface area contributed by atoms with Gasteiger partial charge in [0.15, 0.2) is 0 Å². The number of amides is 1. The van der Waals surface area contributed by atoms with Gasteiger partial charge in [-0.2, -0.15) is 0 Å². The lowest BCUT2D eigenvalue weighted by Gasteiger charge is -2.26. The second-order valence-electron chi connectivity index (χ2n) is 3.67. The molecule has 0 saturated heterocycles. The second-order valence-corrected chi connectivity index (χ2v) is 3.67. The maximum Gasteiger partial charge on any atom is 0.303 e. The molecule has 0 rings (SSSR count). The number of aliphatic carboxylic acids is 1. The minimum absolute atomic E-state index is 0.0671. The maximum atomic E-state index is 11.2. The van der Waals surface area contributed by atoms with Crippen molar-refractivity contribution in [3.05, 3.63) is 0 Å². The van der Waals surface area contributed by atoms with Gasteiger partial charge in [-0.15, -0.1) is 0 Å². The van der Waals surface area contributed by atoms with Crippen LogP contribution in [-0.2, 0) is 9.59 Å². The Bertz CT molecular complexity index is 225. The molecule has 4 N–H and O–H groups in total. The Labute approximate surface area is 87.9 Å². The van der Waals surface area contributed by atoms with Crippen molar-refractivity contribution in [3.8, 4) is 0 Å². The normalized spacial score (nSPS) is 11.1. The molecular weight excluding hydrogens is 202 g/mol. The van der Waals surface area contributed by atoms with Gasteiger partial charge in [0.25, 0.3) is 0 Å². The largest absolute Gasteiger partial charge is 0.481 e. The summed E-state index contributed by atoms with van der Waals surface area (Å²) in [5.74, 6) is -1.32. The number of carboxylic acids is 1. The van der Waals surface area contributed by atoms with E-state index in [2.05, 4.69) is 5.32 Å². The van der Waals surface area contributed by atoms with Gasteiger partial charge in [-0.25, -0.2) is 0 Å². The van der Waals surface area contributed by atoms with Crippen LogP contribution in [0.2, 0.25) is 0 Å². The number of hydrogen-bond acceptors (Lipinski definition) is 4. The van der Waals surface area contributed by atoms with Gasteiger partial charge in [0.2, 0.25) is 5.91 Å². The molecule has 1 amide bonds. The summed E-state index contributed by atoms with van der Waals surface area (Å²) in [4.78, 5) is 21.4. The van der Waals surface area contributed by atoms with E-state index in [0.29, 0.717) is 0 Å². The van der Waals surface area contributed by atoms with Gasteiger partial charge in [0, 0.05) is 12.8 Å². The highest BCUT2D eigenvalue weighted by Crippen LogP contribution is 2.03. The fourth-order valence-electron chi connectivity index (χ4n) is 0.928. The number of carboxylic acid groups (broad SMARTS) is 1. The van der Waals surface area contributed by atoms with Crippen LogP contribution in [-0.4, -0.2) is 45.9 Å². The third-order valence-corrected chi connectivity index (χ3v) is 1.93. The van der Waals surface area contributed by atoms with Gasteiger partial charge in [-0.05, 0) is 13.3 Å². The molecule has 0 heterocycles. The molecule has 0 fully saturated rings. The van der Waals surface area contributed by atoms with E-state index in [9.17, 15) is 9.59 Å². The van der Waals surface area contributed by atoms with E-state index in [4.69, 9.17) is 15.3 Å². The van der Waals surface area contributed by atoms with E-state index in [1.807, 2.05) is 0 Å². The first-order chi connectivity index (χ1) is 6.93. The van der Waals surface area contributed by atoms with Gasteiger partial charge in [0.05, 0.1) is 18.8 Å². The van der Waals surface area contributed by atoms with Crippen LogP contribution in [0.15, 0.2) is 0 Å². The van der Waals surface area contributed by atoms with Crippen molar-refractivity contribution in [2.45, 2.75) is 31.7 Å². The predicted octanol–water partition coefficient (Wildman–Crippen LogP) is -0.899. The molecule has 0 unspecified atom stereocenters. The highest BCUT2D eigenvalue weighted by molar-refractivity contribution is 5.77. The molecule has 15 heavy (non-hydrogen) atoms. The summed E-state index contributed by atoms with van der Waals surface area (Å²) in [5.41, 5.74) is -1.04. The van der Waals surface area contributed by atoms with Crippen molar-refractivity contribution in [3.63, 3.8) is 0 Å². The van der Waals surface area contributed by atoms with E-state index in [-0.39, 0.29) is 38.4 Å². The first-order valence-corrected chi connectivity index (χ1v) is 4.68. The SMILES string of the molecule is CC(CO)(CO)NC(=O)CCCC(=O)O. The van der Waals surface area contributed by atoms with Crippen molar-refractivity contribution in [2.75, 3.05) is 13.2 Å². The van der Waals surface area contributed by atoms with Crippen molar-refractivity contribution >= 4 is 11.9 Å². The van der Waals surface area contributed by atoms with Gasteiger partial charge < -0.3 is 20.6 Å². The minimum Gasteiger partial charge on any atom is -0.481 e. The van der Waals surface area contributed by atoms with E-state index < -0.39 is 11.5 Å². The van der Waals surface area contributed by atoms with Crippen LogP contribution in [0, 0.1) is 0 Å². The molecule has 0 aliphatic rings. The molecule has 0 spiro atoms. The van der Waals surface area contributed by atoms with Crippen LogP contribution in [0.3, 0.4) is 0 Å². The smallest absolute Gasteiger partial charge is 0.303 e. The molecular formula is C9H17NO5. The molecule has 0 aliphatic carbocycles. The number of carbonyl (C=O) groups is 2. The topological polar surface area (TPSA) is 107 Å². The molecule has 0 aromatic heterocycles. The fraction of sp³-hybridized carbons (Fsp3) is 0.778. The zero-order valence-corrected chi connectivity index (χ0v) is 8.69. The second kappa shape index (κ2) is 6.36. The van der Waals surface area contributed by atoms with Crippen molar-refractivity contribution < 1.29 is 24.9 Å². The highest BCUT2D eigenvalue weighted by atomic mass is 16.4. The van der Waals surface area contributed by atoms with Gasteiger partial charge >= 0.3 is 5.97 Å². The average molecular weight is 219 g/mol. The van der Waals surface area contributed by atoms with Crippen LogP contribution in [0.5, 0.6) is 0 Å². The van der Waals surface area contributed by atoms with Crippen molar-refractivity contribution in [1.82, 2.24) is 5.32 Å². The van der Waals surface area contributed by atoms with Crippen LogP contribution in [0.1, 0.15) is 26.2 Å².